The Kier molecular flexibility index (Phi) is 7.89. The number of benzene rings is 1. The van der Waals surface area contributed by atoms with Crippen molar-refractivity contribution < 1.29 is 0 Å². The number of rotatable bonds is 5. The molecule has 0 amide bonds. The quantitative estimate of drug-likeness (QED) is 0.613. The molecule has 156 valence electrons. The standard InChI is InChI=1S/C23H30N4.C2H6/c1-6-19-12-16(3)27(14-19)22-9-7-20(11-15(22)2)21-8-10-23(25-13-21)26-18(5)17(4)24;1-2/h7-11,13,19H,3,6,12,14,24H2,1-2,4-5H3,(H,25,26);1-2H3/b18-17-;. The zero-order chi connectivity index (χ0) is 21.6. The fourth-order valence-electron chi connectivity index (χ4n) is 3.50. The van der Waals surface area contributed by atoms with Gasteiger partial charge < -0.3 is 16.0 Å². The number of aromatic nitrogens is 1. The molecule has 29 heavy (non-hydrogen) atoms. The predicted molar refractivity (Wildman–Crippen MR) is 127 cm³/mol. The van der Waals surface area contributed by atoms with Crippen LogP contribution in [0, 0.1) is 12.8 Å². The number of nitrogens with two attached hydrogens (primary N) is 1. The highest BCUT2D eigenvalue weighted by molar-refractivity contribution is 5.70. The van der Waals surface area contributed by atoms with Gasteiger partial charge in [0.1, 0.15) is 5.82 Å². The molecule has 0 aliphatic carbocycles. The number of nitrogens with one attached hydrogen (secondary N) is 1. The minimum atomic E-state index is 0.718. The summed E-state index contributed by atoms with van der Waals surface area (Å²) in [5, 5.41) is 3.22. The van der Waals surface area contributed by atoms with Crippen LogP contribution in [0.2, 0.25) is 0 Å². The van der Waals surface area contributed by atoms with E-state index in [1.165, 1.54) is 28.9 Å². The highest BCUT2D eigenvalue weighted by atomic mass is 15.2. The molecule has 1 saturated heterocycles. The number of hydrogen-bond acceptors (Lipinski definition) is 4. The molecule has 1 atom stereocenters. The summed E-state index contributed by atoms with van der Waals surface area (Å²) in [4.78, 5) is 6.89. The van der Waals surface area contributed by atoms with Gasteiger partial charge in [0, 0.05) is 41.1 Å². The number of anilines is 2. The van der Waals surface area contributed by atoms with Crippen molar-refractivity contribution >= 4 is 11.5 Å². The van der Waals surface area contributed by atoms with Crippen molar-refractivity contribution in [2.45, 2.75) is 54.4 Å². The lowest BCUT2D eigenvalue weighted by atomic mass is 10.0. The van der Waals surface area contributed by atoms with E-state index >= 15 is 0 Å². The summed E-state index contributed by atoms with van der Waals surface area (Å²) in [6, 6.07) is 10.7. The van der Waals surface area contributed by atoms with E-state index in [-0.39, 0.29) is 0 Å². The van der Waals surface area contributed by atoms with E-state index in [0.717, 1.165) is 41.7 Å². The van der Waals surface area contributed by atoms with Gasteiger partial charge in [-0.2, -0.15) is 0 Å². The third-order valence-electron chi connectivity index (χ3n) is 5.42. The molecule has 1 aromatic carbocycles. The molecule has 3 rings (SSSR count). The minimum absolute atomic E-state index is 0.718. The molecule has 1 fully saturated rings. The lowest BCUT2D eigenvalue weighted by Gasteiger charge is -2.22. The Balaban J connectivity index is 0.00000145. The third-order valence-corrected chi connectivity index (χ3v) is 5.42. The molecular formula is C25H36N4. The van der Waals surface area contributed by atoms with Crippen LogP contribution in [-0.4, -0.2) is 11.5 Å². The van der Waals surface area contributed by atoms with Gasteiger partial charge in [0.25, 0.3) is 0 Å². The summed E-state index contributed by atoms with van der Waals surface area (Å²) < 4.78 is 0. The van der Waals surface area contributed by atoms with Gasteiger partial charge in [-0.15, -0.1) is 0 Å². The van der Waals surface area contributed by atoms with Crippen LogP contribution >= 0.6 is 0 Å². The zero-order valence-corrected chi connectivity index (χ0v) is 18.8. The molecule has 0 saturated carbocycles. The van der Waals surface area contributed by atoms with E-state index in [1.807, 2.05) is 40.0 Å². The molecule has 1 aromatic heterocycles. The van der Waals surface area contributed by atoms with Crippen LogP contribution in [0.4, 0.5) is 11.5 Å². The molecule has 4 heteroatoms. The van der Waals surface area contributed by atoms with E-state index in [9.17, 15) is 0 Å². The van der Waals surface area contributed by atoms with Gasteiger partial charge in [0.15, 0.2) is 0 Å². The first-order chi connectivity index (χ1) is 13.9. The molecule has 0 radical (unpaired) electrons. The topological polar surface area (TPSA) is 54.2 Å². The van der Waals surface area contributed by atoms with Gasteiger partial charge in [-0.05, 0) is 68.5 Å². The highest BCUT2D eigenvalue weighted by Crippen LogP contribution is 2.35. The van der Waals surface area contributed by atoms with Crippen LogP contribution in [0.5, 0.6) is 0 Å². The Morgan fingerprint density at radius 1 is 1.21 bits per heavy atom. The second-order valence-corrected chi connectivity index (χ2v) is 7.52. The summed E-state index contributed by atoms with van der Waals surface area (Å²) in [5.41, 5.74) is 13.5. The highest BCUT2D eigenvalue weighted by Gasteiger charge is 2.25. The molecule has 1 unspecified atom stereocenters. The Morgan fingerprint density at radius 3 is 2.41 bits per heavy atom. The summed E-state index contributed by atoms with van der Waals surface area (Å²) >= 11 is 0. The van der Waals surface area contributed by atoms with Crippen molar-refractivity contribution in [3.8, 4) is 11.1 Å². The van der Waals surface area contributed by atoms with Gasteiger partial charge in [-0.25, -0.2) is 4.98 Å². The van der Waals surface area contributed by atoms with Crippen molar-refractivity contribution in [2.24, 2.45) is 11.7 Å². The van der Waals surface area contributed by atoms with Crippen molar-refractivity contribution in [2.75, 3.05) is 16.8 Å². The summed E-state index contributed by atoms with van der Waals surface area (Å²) in [7, 11) is 0. The minimum Gasteiger partial charge on any atom is -0.401 e. The molecule has 4 nitrogen and oxygen atoms in total. The Labute approximate surface area is 176 Å². The van der Waals surface area contributed by atoms with Gasteiger partial charge in [0.05, 0.1) is 0 Å². The normalized spacial score (nSPS) is 16.8. The first-order valence-corrected chi connectivity index (χ1v) is 10.6. The smallest absolute Gasteiger partial charge is 0.130 e. The van der Waals surface area contributed by atoms with Crippen LogP contribution in [0.15, 0.2) is 60.2 Å². The Bertz CT molecular complexity index is 861. The van der Waals surface area contributed by atoms with Crippen LogP contribution in [0.3, 0.4) is 0 Å². The van der Waals surface area contributed by atoms with E-state index < -0.39 is 0 Å². The molecule has 0 bridgehead atoms. The second kappa shape index (κ2) is 10.1. The van der Waals surface area contributed by atoms with Crippen LogP contribution < -0.4 is 16.0 Å². The maximum absolute atomic E-state index is 5.79. The molecule has 0 spiro atoms. The first kappa shape index (κ1) is 22.5. The maximum atomic E-state index is 5.79. The summed E-state index contributed by atoms with van der Waals surface area (Å²) in [6.45, 7) is 17.6. The average molecular weight is 393 g/mol. The fraction of sp³-hybridized carbons (Fsp3) is 0.400. The maximum Gasteiger partial charge on any atom is 0.130 e. The Morgan fingerprint density at radius 2 is 1.90 bits per heavy atom. The second-order valence-electron chi connectivity index (χ2n) is 7.52. The average Bonchev–Trinajstić information content (AvgIpc) is 3.10. The van der Waals surface area contributed by atoms with Gasteiger partial charge >= 0.3 is 0 Å². The molecule has 3 N–H and O–H groups in total. The van der Waals surface area contributed by atoms with Crippen molar-refractivity contribution in [1.82, 2.24) is 4.98 Å². The number of nitrogens with zero attached hydrogens (tertiary/aromatic N) is 2. The van der Waals surface area contributed by atoms with Gasteiger partial charge in [-0.3, -0.25) is 0 Å². The SMILES string of the molecule is C=C1CC(CC)CN1c1ccc(-c2ccc(N/C(C)=C(/C)N)nc2)cc1C.CC. The van der Waals surface area contributed by atoms with Gasteiger partial charge in [-0.1, -0.05) is 39.8 Å². The lowest BCUT2D eigenvalue weighted by molar-refractivity contribution is 0.575. The third kappa shape index (κ3) is 5.41. The van der Waals surface area contributed by atoms with E-state index in [2.05, 4.69) is 59.9 Å². The van der Waals surface area contributed by atoms with Crippen LogP contribution in [0.25, 0.3) is 11.1 Å². The fourth-order valence-corrected chi connectivity index (χ4v) is 3.50. The summed E-state index contributed by atoms with van der Waals surface area (Å²) in [5.74, 6) is 1.52. The summed E-state index contributed by atoms with van der Waals surface area (Å²) in [6.07, 6.45) is 4.21. The molecule has 1 aliphatic rings. The molecule has 2 heterocycles. The first-order valence-electron chi connectivity index (χ1n) is 10.6. The number of allylic oxidation sites excluding steroid dienone is 3. The van der Waals surface area contributed by atoms with E-state index in [0.29, 0.717) is 0 Å². The van der Waals surface area contributed by atoms with Crippen molar-refractivity contribution in [3.63, 3.8) is 0 Å². The van der Waals surface area contributed by atoms with Crippen LogP contribution in [-0.2, 0) is 0 Å². The van der Waals surface area contributed by atoms with E-state index in [4.69, 9.17) is 5.73 Å². The van der Waals surface area contributed by atoms with Gasteiger partial charge in [0.2, 0.25) is 0 Å². The zero-order valence-electron chi connectivity index (χ0n) is 18.8. The number of aryl methyl sites for hydroxylation is 1. The van der Waals surface area contributed by atoms with Crippen LogP contribution in [0.1, 0.15) is 53.0 Å². The predicted octanol–water partition coefficient (Wildman–Crippen LogP) is 6.46. The largest absolute Gasteiger partial charge is 0.401 e. The molecular weight excluding hydrogens is 356 g/mol. The lowest BCUT2D eigenvalue weighted by Crippen LogP contribution is -2.18. The number of hydrogen-bond donors (Lipinski definition) is 2. The molecule has 1 aliphatic heterocycles. The molecule has 2 aromatic rings. The monoisotopic (exact) mass is 392 g/mol. The van der Waals surface area contributed by atoms with Crippen molar-refractivity contribution in [1.29, 1.82) is 0 Å². The number of pyridine rings is 1. The van der Waals surface area contributed by atoms with E-state index in [1.54, 1.807) is 0 Å². The van der Waals surface area contributed by atoms with Crippen molar-refractivity contribution in [3.05, 3.63) is 65.8 Å². The Hall–Kier alpha value is -2.75.